The van der Waals surface area contributed by atoms with Crippen LogP contribution in [-0.2, 0) is 0 Å². The molecule has 1 fully saturated rings. The van der Waals surface area contributed by atoms with Crippen LogP contribution in [-0.4, -0.2) is 47.0 Å². The Bertz CT molecular complexity index is 1130. The number of aromatic nitrogens is 2. The topological polar surface area (TPSA) is 85.2 Å². The monoisotopic (exact) mass is 412 g/mol. The third-order valence-corrected chi connectivity index (χ3v) is 5.28. The fraction of sp³-hybridized carbons (Fsp3) is 0.250. The van der Waals surface area contributed by atoms with E-state index in [0.717, 1.165) is 17.2 Å². The SMILES string of the molecule is Cc1ccc(Nc2nc(C)cc(N3CCN(C(=O)c4cccc(C#N)c4)CC3)n2)cc1. The summed E-state index contributed by atoms with van der Waals surface area (Å²) in [6.07, 6.45) is 0. The predicted octanol–water partition coefficient (Wildman–Crippen LogP) is 3.67. The minimum Gasteiger partial charge on any atom is -0.353 e. The molecular weight excluding hydrogens is 388 g/mol. The third kappa shape index (κ3) is 4.81. The molecule has 4 rings (SSSR count). The number of carbonyl (C=O) groups is 1. The van der Waals surface area contributed by atoms with Crippen LogP contribution >= 0.6 is 0 Å². The molecule has 0 bridgehead atoms. The first-order valence-corrected chi connectivity index (χ1v) is 10.3. The lowest BCUT2D eigenvalue weighted by atomic mass is 10.1. The molecule has 0 saturated carbocycles. The van der Waals surface area contributed by atoms with Crippen molar-refractivity contribution in [1.29, 1.82) is 5.26 Å². The number of piperazine rings is 1. The average Bonchev–Trinajstić information content (AvgIpc) is 2.80. The van der Waals surface area contributed by atoms with E-state index in [4.69, 9.17) is 5.26 Å². The van der Waals surface area contributed by atoms with Crippen LogP contribution in [0.3, 0.4) is 0 Å². The highest BCUT2D eigenvalue weighted by molar-refractivity contribution is 5.94. The molecule has 1 amide bonds. The molecule has 0 aliphatic carbocycles. The van der Waals surface area contributed by atoms with Gasteiger partial charge in [0.25, 0.3) is 5.91 Å². The van der Waals surface area contributed by atoms with Gasteiger partial charge < -0.3 is 15.1 Å². The molecule has 3 aromatic rings. The van der Waals surface area contributed by atoms with E-state index >= 15 is 0 Å². The molecule has 1 N–H and O–H groups in total. The highest BCUT2D eigenvalue weighted by atomic mass is 16.2. The van der Waals surface area contributed by atoms with Crippen molar-refractivity contribution in [2.24, 2.45) is 0 Å². The minimum absolute atomic E-state index is 0.0441. The second-order valence-electron chi connectivity index (χ2n) is 7.65. The fourth-order valence-electron chi connectivity index (χ4n) is 3.58. The number of aryl methyl sites for hydroxylation is 2. The van der Waals surface area contributed by atoms with E-state index in [9.17, 15) is 4.79 Å². The average molecular weight is 412 g/mol. The molecule has 0 unspecified atom stereocenters. The van der Waals surface area contributed by atoms with E-state index in [-0.39, 0.29) is 5.91 Å². The zero-order chi connectivity index (χ0) is 21.8. The van der Waals surface area contributed by atoms with Gasteiger partial charge in [-0.2, -0.15) is 10.2 Å². The summed E-state index contributed by atoms with van der Waals surface area (Å²) in [4.78, 5) is 26.0. The second kappa shape index (κ2) is 8.84. The molecule has 1 aromatic heterocycles. The van der Waals surface area contributed by atoms with Gasteiger partial charge in [0.15, 0.2) is 0 Å². The van der Waals surface area contributed by atoms with Gasteiger partial charge in [-0.1, -0.05) is 23.8 Å². The molecule has 2 heterocycles. The second-order valence-corrected chi connectivity index (χ2v) is 7.65. The van der Waals surface area contributed by atoms with Crippen molar-refractivity contribution >= 4 is 23.4 Å². The normalized spacial score (nSPS) is 13.6. The van der Waals surface area contributed by atoms with E-state index < -0.39 is 0 Å². The van der Waals surface area contributed by atoms with Crippen molar-refractivity contribution < 1.29 is 4.79 Å². The van der Waals surface area contributed by atoms with Crippen molar-refractivity contribution in [1.82, 2.24) is 14.9 Å². The zero-order valence-electron chi connectivity index (χ0n) is 17.7. The number of benzene rings is 2. The number of nitriles is 1. The number of nitrogens with one attached hydrogen (secondary N) is 1. The van der Waals surface area contributed by atoms with Crippen LogP contribution in [0.25, 0.3) is 0 Å². The van der Waals surface area contributed by atoms with Crippen LogP contribution in [0.15, 0.2) is 54.6 Å². The minimum atomic E-state index is -0.0441. The first-order valence-electron chi connectivity index (χ1n) is 10.3. The van der Waals surface area contributed by atoms with E-state index in [1.54, 1.807) is 24.3 Å². The molecule has 2 aromatic carbocycles. The fourth-order valence-corrected chi connectivity index (χ4v) is 3.58. The lowest BCUT2D eigenvalue weighted by Crippen LogP contribution is -2.49. The Kier molecular flexibility index (Phi) is 5.80. The summed E-state index contributed by atoms with van der Waals surface area (Å²) in [6, 6.07) is 19.0. The molecule has 31 heavy (non-hydrogen) atoms. The van der Waals surface area contributed by atoms with Crippen LogP contribution in [0.1, 0.15) is 27.2 Å². The summed E-state index contributed by atoms with van der Waals surface area (Å²) in [7, 11) is 0. The Balaban J connectivity index is 1.43. The number of rotatable bonds is 4. The van der Waals surface area contributed by atoms with Crippen molar-refractivity contribution in [2.45, 2.75) is 13.8 Å². The molecule has 1 aliphatic rings. The molecule has 0 radical (unpaired) electrons. The van der Waals surface area contributed by atoms with Crippen molar-refractivity contribution in [2.75, 3.05) is 36.4 Å². The molecular formula is C24H24N6O. The van der Waals surface area contributed by atoms with Gasteiger partial charge >= 0.3 is 0 Å². The lowest BCUT2D eigenvalue weighted by molar-refractivity contribution is 0.0746. The first kappa shape index (κ1) is 20.4. The van der Waals surface area contributed by atoms with Gasteiger partial charge in [0, 0.05) is 49.2 Å². The van der Waals surface area contributed by atoms with Gasteiger partial charge in [-0.15, -0.1) is 0 Å². The number of hydrogen-bond acceptors (Lipinski definition) is 6. The number of carbonyl (C=O) groups excluding carboxylic acids is 1. The molecule has 156 valence electrons. The van der Waals surface area contributed by atoms with Crippen LogP contribution in [0.5, 0.6) is 0 Å². The Morgan fingerprint density at radius 2 is 1.74 bits per heavy atom. The van der Waals surface area contributed by atoms with E-state index in [2.05, 4.69) is 33.2 Å². The third-order valence-electron chi connectivity index (χ3n) is 5.28. The molecule has 1 aliphatic heterocycles. The standard InChI is InChI=1S/C24H24N6O/c1-17-6-8-21(9-7-17)27-24-26-18(2)14-22(28-24)29-10-12-30(13-11-29)23(31)20-5-3-4-19(15-20)16-25/h3-9,14-15H,10-13H2,1-2H3,(H,26,27,28). The summed E-state index contributed by atoms with van der Waals surface area (Å²) >= 11 is 0. The first-order chi connectivity index (χ1) is 15.0. The smallest absolute Gasteiger partial charge is 0.254 e. The van der Waals surface area contributed by atoms with Gasteiger partial charge in [-0.05, 0) is 44.2 Å². The molecule has 0 spiro atoms. The van der Waals surface area contributed by atoms with E-state index in [1.807, 2.05) is 42.2 Å². The maximum Gasteiger partial charge on any atom is 0.254 e. The quantitative estimate of drug-likeness (QED) is 0.704. The summed E-state index contributed by atoms with van der Waals surface area (Å²) in [5, 5.41) is 12.3. The maximum atomic E-state index is 12.8. The highest BCUT2D eigenvalue weighted by Crippen LogP contribution is 2.20. The van der Waals surface area contributed by atoms with Gasteiger partial charge in [0.1, 0.15) is 5.82 Å². The van der Waals surface area contributed by atoms with Crippen molar-refractivity contribution in [3.63, 3.8) is 0 Å². The Hall–Kier alpha value is -3.92. The largest absolute Gasteiger partial charge is 0.353 e. The van der Waals surface area contributed by atoms with Crippen LogP contribution in [0.2, 0.25) is 0 Å². The number of hydrogen-bond donors (Lipinski definition) is 1. The summed E-state index contributed by atoms with van der Waals surface area (Å²) in [6.45, 7) is 6.57. The van der Waals surface area contributed by atoms with Crippen LogP contribution in [0, 0.1) is 25.2 Å². The van der Waals surface area contributed by atoms with Crippen LogP contribution in [0.4, 0.5) is 17.5 Å². The molecule has 1 saturated heterocycles. The molecule has 7 nitrogen and oxygen atoms in total. The van der Waals surface area contributed by atoms with Gasteiger partial charge in [-0.3, -0.25) is 4.79 Å². The molecule has 0 atom stereocenters. The number of nitrogens with zero attached hydrogens (tertiary/aromatic N) is 5. The van der Waals surface area contributed by atoms with E-state index in [1.165, 1.54) is 5.56 Å². The Morgan fingerprint density at radius 1 is 1.00 bits per heavy atom. The van der Waals surface area contributed by atoms with Gasteiger partial charge in [0.05, 0.1) is 11.6 Å². The van der Waals surface area contributed by atoms with Crippen LogP contribution < -0.4 is 10.2 Å². The summed E-state index contributed by atoms with van der Waals surface area (Å²) in [5.41, 5.74) is 4.07. The Morgan fingerprint density at radius 3 is 2.45 bits per heavy atom. The highest BCUT2D eigenvalue weighted by Gasteiger charge is 2.23. The van der Waals surface area contributed by atoms with Crippen molar-refractivity contribution in [3.05, 3.63) is 77.0 Å². The summed E-state index contributed by atoms with van der Waals surface area (Å²) < 4.78 is 0. The molecule has 7 heteroatoms. The lowest BCUT2D eigenvalue weighted by Gasteiger charge is -2.35. The predicted molar refractivity (Wildman–Crippen MR) is 121 cm³/mol. The Labute approximate surface area is 182 Å². The van der Waals surface area contributed by atoms with Gasteiger partial charge in [-0.25, -0.2) is 4.98 Å². The number of anilines is 3. The number of amides is 1. The maximum absolute atomic E-state index is 12.8. The summed E-state index contributed by atoms with van der Waals surface area (Å²) in [5.74, 6) is 1.36. The van der Waals surface area contributed by atoms with E-state index in [0.29, 0.717) is 43.3 Å². The van der Waals surface area contributed by atoms with Crippen molar-refractivity contribution in [3.8, 4) is 6.07 Å². The van der Waals surface area contributed by atoms with Gasteiger partial charge in [0.2, 0.25) is 5.95 Å². The zero-order valence-corrected chi connectivity index (χ0v) is 17.7.